The lowest BCUT2D eigenvalue weighted by atomic mass is 9.98. The van der Waals surface area contributed by atoms with Gasteiger partial charge >= 0.3 is 0 Å². The average Bonchev–Trinajstić information content (AvgIpc) is 4.10. The number of hydrogen-bond acceptors (Lipinski definition) is 10. The SMILES string of the molecule is CCCCCCCCCCc1cc(-c2ccc(-c3c4c(c(-c5ccc(-c6ccc(C#N)c(CCCCCCCCCC)c6)s5)c5nsnc35)NSN4)s2)ccc1C#N. The molecule has 10 heteroatoms. The van der Waals surface area contributed by atoms with Crippen molar-refractivity contribution in [1.29, 1.82) is 10.5 Å². The monoisotopic (exact) mass is 842 g/mol. The second-order valence-corrected chi connectivity index (χ2v) is 18.8. The van der Waals surface area contributed by atoms with Crippen LogP contribution in [0.15, 0.2) is 60.7 Å². The van der Waals surface area contributed by atoms with E-state index in [9.17, 15) is 10.5 Å². The number of fused-ring (bicyclic) bond motifs is 2. The number of benzene rings is 3. The number of rotatable bonds is 22. The van der Waals surface area contributed by atoms with Crippen molar-refractivity contribution < 1.29 is 0 Å². The summed E-state index contributed by atoms with van der Waals surface area (Å²) in [6.07, 6.45) is 22.3. The number of nitrogens with zero attached hydrogens (tertiary/aromatic N) is 4. The molecule has 0 radical (unpaired) electrons. The zero-order valence-corrected chi connectivity index (χ0v) is 37.2. The first-order valence-electron chi connectivity index (χ1n) is 21.4. The molecule has 0 bridgehead atoms. The average molecular weight is 843 g/mol. The van der Waals surface area contributed by atoms with Gasteiger partial charge in [-0.1, -0.05) is 116 Å². The van der Waals surface area contributed by atoms with Crippen LogP contribution < -0.4 is 9.44 Å². The number of aromatic nitrogens is 2. The number of anilines is 2. The minimum absolute atomic E-state index is 0.787. The molecule has 6 aromatic rings. The van der Waals surface area contributed by atoms with Crippen molar-refractivity contribution in [2.45, 2.75) is 129 Å². The Kier molecular flexibility index (Phi) is 15.3. The molecule has 6 nitrogen and oxygen atoms in total. The molecule has 2 N–H and O–H groups in total. The molecule has 0 saturated heterocycles. The van der Waals surface area contributed by atoms with Crippen LogP contribution in [-0.2, 0) is 12.8 Å². The summed E-state index contributed by atoms with van der Waals surface area (Å²) in [5.74, 6) is 0. The number of thiophene rings is 2. The third-order valence-corrected chi connectivity index (χ3v) is 14.8. The molecular formula is C48H54N6S4. The highest BCUT2D eigenvalue weighted by molar-refractivity contribution is 8.02. The van der Waals surface area contributed by atoms with Crippen molar-refractivity contribution in [1.82, 2.24) is 8.75 Å². The van der Waals surface area contributed by atoms with Crippen molar-refractivity contribution in [3.8, 4) is 53.9 Å². The van der Waals surface area contributed by atoms with Gasteiger partial charge in [0.15, 0.2) is 0 Å². The fraction of sp³-hybridized carbons (Fsp3) is 0.417. The molecule has 7 rings (SSSR count). The lowest BCUT2D eigenvalue weighted by Gasteiger charge is -2.11. The number of nitriles is 2. The van der Waals surface area contributed by atoms with Gasteiger partial charge in [0.1, 0.15) is 11.0 Å². The summed E-state index contributed by atoms with van der Waals surface area (Å²) >= 11 is 6.26. The molecule has 0 aliphatic carbocycles. The molecule has 1 aliphatic heterocycles. The highest BCUT2D eigenvalue weighted by atomic mass is 32.2. The van der Waals surface area contributed by atoms with Gasteiger partial charge in [-0.15, -0.1) is 22.7 Å². The molecule has 1 aliphatic rings. The van der Waals surface area contributed by atoms with E-state index in [1.165, 1.54) is 124 Å². The van der Waals surface area contributed by atoms with E-state index < -0.39 is 0 Å². The fourth-order valence-electron chi connectivity index (χ4n) is 8.09. The first-order chi connectivity index (χ1) is 28.6. The van der Waals surface area contributed by atoms with E-state index in [1.54, 1.807) is 22.7 Å². The van der Waals surface area contributed by atoms with Crippen LogP contribution in [0.25, 0.3) is 52.8 Å². The zero-order chi connectivity index (χ0) is 40.1. The first-order valence-corrected chi connectivity index (χ1v) is 24.6. The molecule has 0 amide bonds. The normalized spacial score (nSPS) is 12.0. The summed E-state index contributed by atoms with van der Waals surface area (Å²) in [5.41, 5.74) is 12.2. The van der Waals surface area contributed by atoms with Gasteiger partial charge in [0, 0.05) is 30.6 Å². The van der Waals surface area contributed by atoms with Crippen LogP contribution in [0, 0.1) is 22.7 Å². The Balaban J connectivity index is 1.10. The number of aryl methyl sites for hydroxylation is 2. The first kappa shape index (κ1) is 42.0. The molecule has 300 valence electrons. The maximum Gasteiger partial charge on any atom is 0.116 e. The molecule has 0 fully saturated rings. The molecule has 0 saturated carbocycles. The molecular weight excluding hydrogens is 789 g/mol. The summed E-state index contributed by atoms with van der Waals surface area (Å²) in [5, 5.41) is 19.8. The van der Waals surface area contributed by atoms with Crippen LogP contribution in [0.5, 0.6) is 0 Å². The largest absolute Gasteiger partial charge is 0.309 e. The number of nitrogens with one attached hydrogen (secondary N) is 2. The summed E-state index contributed by atoms with van der Waals surface area (Å²) < 4.78 is 16.9. The van der Waals surface area contributed by atoms with Crippen LogP contribution in [0.4, 0.5) is 11.4 Å². The van der Waals surface area contributed by atoms with E-state index in [2.05, 4.69) is 84.0 Å². The van der Waals surface area contributed by atoms with Crippen molar-refractivity contribution >= 4 is 68.9 Å². The van der Waals surface area contributed by atoms with Crippen molar-refractivity contribution in [3.63, 3.8) is 0 Å². The lowest BCUT2D eigenvalue weighted by Crippen LogP contribution is -1.92. The third-order valence-electron chi connectivity index (χ3n) is 11.3. The Morgan fingerprint density at radius 3 is 1.31 bits per heavy atom. The van der Waals surface area contributed by atoms with Gasteiger partial charge in [-0.25, -0.2) is 0 Å². The standard InChI is InChI=1S/C48H54N6S4/c1-3-5-7-9-11-13-15-17-19-33-29-35(21-23-37(33)31-49)39-25-27-41(55-39)43-45-47(53-57-51-45)44(48-46(43)52-58-54-48)42-28-26-40(56-42)36-22-24-38(32-50)34(30-36)20-18-16-14-12-10-8-6-4-2/h21-30,51,53H,3-20H2,1-2H3. The molecule has 0 unspecified atom stereocenters. The third kappa shape index (κ3) is 9.97. The van der Waals surface area contributed by atoms with Gasteiger partial charge in [-0.2, -0.15) is 19.3 Å². The van der Waals surface area contributed by atoms with Gasteiger partial charge in [-0.05, 0) is 96.5 Å². The molecule has 3 aromatic heterocycles. The van der Waals surface area contributed by atoms with Gasteiger partial charge in [0.2, 0.25) is 0 Å². The quantitative estimate of drug-likeness (QED) is 0.0519. The Morgan fingerprint density at radius 1 is 0.500 bits per heavy atom. The van der Waals surface area contributed by atoms with E-state index in [0.29, 0.717) is 0 Å². The second kappa shape index (κ2) is 21.2. The van der Waals surface area contributed by atoms with Gasteiger partial charge in [0.05, 0.1) is 58.5 Å². The van der Waals surface area contributed by atoms with Crippen LogP contribution in [-0.4, -0.2) is 8.75 Å². The highest BCUT2D eigenvalue weighted by Crippen LogP contribution is 2.54. The van der Waals surface area contributed by atoms with Gasteiger partial charge in [0.25, 0.3) is 0 Å². The van der Waals surface area contributed by atoms with E-state index in [4.69, 9.17) is 8.75 Å². The molecule has 3 aromatic carbocycles. The zero-order valence-electron chi connectivity index (χ0n) is 33.9. The molecule has 0 spiro atoms. The summed E-state index contributed by atoms with van der Waals surface area (Å²) in [4.78, 5) is 4.62. The van der Waals surface area contributed by atoms with Crippen molar-refractivity contribution in [2.75, 3.05) is 9.44 Å². The Hall–Kier alpha value is -4.19. The Labute approximate surface area is 361 Å². The smallest absolute Gasteiger partial charge is 0.116 e. The van der Waals surface area contributed by atoms with Crippen LogP contribution in [0.2, 0.25) is 0 Å². The molecule has 4 heterocycles. The maximum absolute atomic E-state index is 9.90. The second-order valence-electron chi connectivity index (χ2n) is 15.5. The van der Waals surface area contributed by atoms with E-state index in [0.717, 1.165) is 102 Å². The summed E-state index contributed by atoms with van der Waals surface area (Å²) in [7, 11) is 0. The number of hydrogen-bond donors (Lipinski definition) is 2. The van der Waals surface area contributed by atoms with E-state index in [-0.39, 0.29) is 0 Å². The maximum atomic E-state index is 9.90. The lowest BCUT2D eigenvalue weighted by molar-refractivity contribution is 0.575. The Bertz CT molecular complexity index is 2210. The summed E-state index contributed by atoms with van der Waals surface area (Å²) in [6.45, 7) is 4.53. The molecule has 0 atom stereocenters. The van der Waals surface area contributed by atoms with Crippen molar-refractivity contribution in [3.05, 3.63) is 82.9 Å². The van der Waals surface area contributed by atoms with Crippen molar-refractivity contribution in [2.24, 2.45) is 0 Å². The Morgan fingerprint density at radius 2 is 0.897 bits per heavy atom. The fourth-order valence-corrected chi connectivity index (χ4v) is 11.4. The van der Waals surface area contributed by atoms with E-state index >= 15 is 0 Å². The van der Waals surface area contributed by atoms with Gasteiger partial charge < -0.3 is 9.44 Å². The minimum atomic E-state index is 0.787. The topological polar surface area (TPSA) is 97.4 Å². The minimum Gasteiger partial charge on any atom is -0.309 e. The molecule has 58 heavy (non-hydrogen) atoms. The van der Waals surface area contributed by atoms with Crippen LogP contribution in [0.3, 0.4) is 0 Å². The summed E-state index contributed by atoms with van der Waals surface area (Å²) in [6, 6.07) is 26.3. The van der Waals surface area contributed by atoms with Crippen LogP contribution >= 0.6 is 46.5 Å². The predicted octanol–water partition coefficient (Wildman–Crippen LogP) is 16.0. The highest BCUT2D eigenvalue weighted by Gasteiger charge is 2.29. The van der Waals surface area contributed by atoms with E-state index in [1.807, 2.05) is 12.1 Å². The number of unbranched alkanes of at least 4 members (excludes halogenated alkanes) is 14. The van der Waals surface area contributed by atoms with Crippen LogP contribution in [0.1, 0.15) is 139 Å². The predicted molar refractivity (Wildman–Crippen MR) is 252 cm³/mol. The van der Waals surface area contributed by atoms with Gasteiger partial charge in [-0.3, -0.25) is 0 Å².